The van der Waals surface area contributed by atoms with Gasteiger partial charge in [0.05, 0.1) is 6.20 Å². The second-order valence-corrected chi connectivity index (χ2v) is 4.19. The molecule has 0 saturated heterocycles. The van der Waals surface area contributed by atoms with Gasteiger partial charge in [0.15, 0.2) is 5.65 Å². The quantitative estimate of drug-likeness (QED) is 0.723. The Morgan fingerprint density at radius 2 is 2.00 bits per heavy atom. The first-order chi connectivity index (χ1) is 9.70. The average Bonchev–Trinajstić information content (AvgIpc) is 2.89. The molecule has 20 heavy (non-hydrogen) atoms. The maximum atomic E-state index is 13.1. The van der Waals surface area contributed by atoms with Crippen LogP contribution in [-0.2, 0) is 0 Å². The van der Waals surface area contributed by atoms with Gasteiger partial charge in [-0.1, -0.05) is 24.3 Å². The number of H-pyrrole nitrogens is 1. The molecule has 0 aliphatic rings. The molecule has 0 aliphatic carbocycles. The number of hydrogen-bond acceptors (Lipinski definition) is 2. The molecule has 3 rings (SSSR count). The predicted octanol–water partition coefficient (Wildman–Crippen LogP) is 3.54. The number of aromatic nitrogens is 3. The van der Waals surface area contributed by atoms with Crippen LogP contribution < -0.4 is 0 Å². The highest BCUT2D eigenvalue weighted by Gasteiger charge is 2.17. The molecule has 0 saturated carbocycles. The van der Waals surface area contributed by atoms with E-state index >= 15 is 0 Å². The van der Waals surface area contributed by atoms with Crippen molar-refractivity contribution < 1.29 is 8.78 Å². The van der Waals surface area contributed by atoms with Gasteiger partial charge in [-0.05, 0) is 11.5 Å². The van der Waals surface area contributed by atoms with E-state index in [4.69, 9.17) is 6.42 Å². The zero-order chi connectivity index (χ0) is 14.1. The molecule has 0 unspecified atom stereocenters. The Hall–Kier alpha value is -2.74. The minimum Gasteiger partial charge on any atom is -0.344 e. The summed E-state index contributed by atoms with van der Waals surface area (Å²) in [6.45, 7) is 0. The standard InChI is InChI=1S/C15H9F2N3/c1-2-9-7-18-15-13(20-9)12(8-19-15)10-5-3-4-6-11(10)14(16)17/h1,3-8,14H,(H,18,19). The smallest absolute Gasteiger partial charge is 0.264 e. The lowest BCUT2D eigenvalue weighted by Gasteiger charge is -2.07. The summed E-state index contributed by atoms with van der Waals surface area (Å²) in [4.78, 5) is 11.3. The lowest BCUT2D eigenvalue weighted by Crippen LogP contribution is -1.91. The number of benzene rings is 1. The van der Waals surface area contributed by atoms with Crippen molar-refractivity contribution in [3.8, 4) is 23.5 Å². The van der Waals surface area contributed by atoms with Gasteiger partial charge in [-0.25, -0.2) is 18.7 Å². The van der Waals surface area contributed by atoms with E-state index in [2.05, 4.69) is 20.9 Å². The lowest BCUT2D eigenvalue weighted by molar-refractivity contribution is 0.152. The summed E-state index contributed by atoms with van der Waals surface area (Å²) in [6, 6.07) is 6.32. The van der Waals surface area contributed by atoms with Crippen LogP contribution in [0.2, 0.25) is 0 Å². The van der Waals surface area contributed by atoms with Crippen LogP contribution in [0, 0.1) is 12.3 Å². The monoisotopic (exact) mass is 269 g/mol. The molecule has 1 aromatic carbocycles. The summed E-state index contributed by atoms with van der Waals surface area (Å²) in [5.74, 6) is 2.39. The summed E-state index contributed by atoms with van der Waals surface area (Å²) in [5.41, 5.74) is 2.34. The molecule has 2 heterocycles. The molecule has 0 fully saturated rings. The fraction of sp³-hybridized carbons (Fsp3) is 0.0667. The first-order valence-electron chi connectivity index (χ1n) is 5.89. The van der Waals surface area contributed by atoms with Gasteiger partial charge in [0.2, 0.25) is 0 Å². The summed E-state index contributed by atoms with van der Waals surface area (Å²) >= 11 is 0. The van der Waals surface area contributed by atoms with Crippen molar-refractivity contribution in [1.29, 1.82) is 0 Å². The molecule has 3 aromatic rings. The van der Waals surface area contributed by atoms with Crippen molar-refractivity contribution in [2.45, 2.75) is 6.43 Å². The maximum Gasteiger partial charge on any atom is 0.264 e. The number of fused-ring (bicyclic) bond motifs is 1. The van der Waals surface area contributed by atoms with Gasteiger partial charge in [0.1, 0.15) is 11.2 Å². The molecule has 1 N–H and O–H groups in total. The van der Waals surface area contributed by atoms with Crippen LogP contribution in [0.3, 0.4) is 0 Å². The lowest BCUT2D eigenvalue weighted by atomic mass is 10.0. The molecule has 0 aliphatic heterocycles. The number of hydrogen-bond donors (Lipinski definition) is 1. The topological polar surface area (TPSA) is 41.6 Å². The van der Waals surface area contributed by atoms with Crippen LogP contribution in [-0.4, -0.2) is 15.0 Å². The number of halogens is 2. The zero-order valence-corrected chi connectivity index (χ0v) is 10.3. The van der Waals surface area contributed by atoms with Gasteiger partial charge in [-0.2, -0.15) is 0 Å². The first kappa shape index (κ1) is 12.3. The molecule has 0 bridgehead atoms. The van der Waals surface area contributed by atoms with Crippen molar-refractivity contribution in [1.82, 2.24) is 15.0 Å². The van der Waals surface area contributed by atoms with Gasteiger partial charge in [0.25, 0.3) is 6.43 Å². The summed E-state index contributed by atoms with van der Waals surface area (Å²) < 4.78 is 26.2. The van der Waals surface area contributed by atoms with Crippen molar-refractivity contribution in [2.75, 3.05) is 0 Å². The maximum absolute atomic E-state index is 13.1. The third kappa shape index (κ3) is 1.91. The van der Waals surface area contributed by atoms with Crippen LogP contribution in [0.25, 0.3) is 22.3 Å². The van der Waals surface area contributed by atoms with E-state index in [0.717, 1.165) is 0 Å². The van der Waals surface area contributed by atoms with Gasteiger partial charge < -0.3 is 4.98 Å². The number of rotatable bonds is 2. The Kier molecular flexibility index (Phi) is 2.92. The van der Waals surface area contributed by atoms with Gasteiger partial charge >= 0.3 is 0 Å². The van der Waals surface area contributed by atoms with Crippen molar-refractivity contribution in [3.05, 3.63) is 47.9 Å². The van der Waals surface area contributed by atoms with E-state index in [1.54, 1.807) is 24.4 Å². The van der Waals surface area contributed by atoms with Gasteiger partial charge in [-0.15, -0.1) is 6.42 Å². The van der Waals surface area contributed by atoms with Crippen LogP contribution in [0.5, 0.6) is 0 Å². The van der Waals surface area contributed by atoms with Gasteiger partial charge in [0, 0.05) is 17.3 Å². The fourth-order valence-corrected chi connectivity index (χ4v) is 2.10. The minimum atomic E-state index is -2.56. The Morgan fingerprint density at radius 3 is 2.75 bits per heavy atom. The molecule has 3 nitrogen and oxygen atoms in total. The van der Waals surface area contributed by atoms with Crippen LogP contribution in [0.4, 0.5) is 8.78 Å². The number of nitrogens with zero attached hydrogens (tertiary/aromatic N) is 2. The Bertz CT molecular complexity index is 815. The first-order valence-corrected chi connectivity index (χ1v) is 5.89. The van der Waals surface area contributed by atoms with E-state index in [1.165, 1.54) is 12.3 Å². The van der Waals surface area contributed by atoms with E-state index in [-0.39, 0.29) is 5.56 Å². The Labute approximate surface area is 113 Å². The fourth-order valence-electron chi connectivity index (χ4n) is 2.10. The molecular formula is C15H9F2N3. The van der Waals surface area contributed by atoms with Crippen molar-refractivity contribution in [2.24, 2.45) is 0 Å². The number of aromatic amines is 1. The molecule has 2 aromatic heterocycles. The van der Waals surface area contributed by atoms with Crippen molar-refractivity contribution >= 4 is 11.2 Å². The highest BCUT2D eigenvalue weighted by atomic mass is 19.3. The second-order valence-electron chi connectivity index (χ2n) is 4.19. The number of nitrogens with one attached hydrogen (secondary N) is 1. The third-order valence-corrected chi connectivity index (χ3v) is 3.01. The highest BCUT2D eigenvalue weighted by Crippen LogP contribution is 2.34. The number of alkyl halides is 2. The molecule has 5 heteroatoms. The molecule has 0 radical (unpaired) electrons. The Balaban J connectivity index is 2.28. The molecule has 0 atom stereocenters. The molecule has 0 spiro atoms. The largest absolute Gasteiger partial charge is 0.344 e. The van der Waals surface area contributed by atoms with Gasteiger partial charge in [-0.3, -0.25) is 0 Å². The van der Waals surface area contributed by atoms with Crippen LogP contribution >= 0.6 is 0 Å². The molecule has 98 valence electrons. The van der Waals surface area contributed by atoms with E-state index < -0.39 is 6.43 Å². The Morgan fingerprint density at radius 1 is 1.20 bits per heavy atom. The van der Waals surface area contributed by atoms with Crippen LogP contribution in [0.1, 0.15) is 17.7 Å². The summed E-state index contributed by atoms with van der Waals surface area (Å²) in [6.07, 6.45) is 5.82. The predicted molar refractivity (Wildman–Crippen MR) is 72.2 cm³/mol. The normalized spacial score (nSPS) is 10.9. The highest BCUT2D eigenvalue weighted by molar-refractivity contribution is 5.91. The second kappa shape index (κ2) is 4.74. The molecule has 0 amide bonds. The van der Waals surface area contributed by atoms with Crippen molar-refractivity contribution in [3.63, 3.8) is 0 Å². The summed E-state index contributed by atoms with van der Waals surface area (Å²) in [7, 11) is 0. The van der Waals surface area contributed by atoms with E-state index in [0.29, 0.717) is 28.0 Å². The SMILES string of the molecule is C#Cc1cnc2[nH]cc(-c3ccccc3C(F)F)c2n1. The summed E-state index contributed by atoms with van der Waals surface area (Å²) in [5, 5.41) is 0. The minimum absolute atomic E-state index is 0.0405. The average molecular weight is 269 g/mol. The third-order valence-electron chi connectivity index (χ3n) is 3.01. The molecular weight excluding hydrogens is 260 g/mol. The van der Waals surface area contributed by atoms with Crippen LogP contribution in [0.15, 0.2) is 36.7 Å². The zero-order valence-electron chi connectivity index (χ0n) is 10.3. The van der Waals surface area contributed by atoms with E-state index in [9.17, 15) is 8.78 Å². The number of terminal acetylenes is 1. The van der Waals surface area contributed by atoms with E-state index in [1.807, 2.05) is 0 Å².